The Morgan fingerprint density at radius 1 is 1.28 bits per heavy atom. The van der Waals surface area contributed by atoms with Crippen molar-refractivity contribution in [2.75, 3.05) is 24.7 Å². The lowest BCUT2D eigenvalue weighted by Gasteiger charge is -2.40. The quantitative estimate of drug-likeness (QED) is 0.197. The Morgan fingerprint density at radius 3 is 2.54 bits per heavy atom. The van der Waals surface area contributed by atoms with Crippen molar-refractivity contribution < 1.29 is 23.6 Å². The molecule has 0 saturated carbocycles. The summed E-state index contributed by atoms with van der Waals surface area (Å²) >= 11 is 5.73. The molecule has 8 heteroatoms. The normalized spacial score (nSPS) is 21.1. The smallest absolute Gasteiger partial charge is 0.379 e. The molecule has 39 heavy (non-hydrogen) atoms. The van der Waals surface area contributed by atoms with Gasteiger partial charge in [0.15, 0.2) is 5.78 Å². The molecule has 2 aliphatic heterocycles. The van der Waals surface area contributed by atoms with E-state index in [1.165, 1.54) is 0 Å². The van der Waals surface area contributed by atoms with Crippen molar-refractivity contribution in [3.63, 3.8) is 0 Å². The summed E-state index contributed by atoms with van der Waals surface area (Å²) in [5.74, 6) is 1.41. The van der Waals surface area contributed by atoms with Crippen LogP contribution in [0.5, 0.6) is 5.75 Å². The van der Waals surface area contributed by atoms with E-state index in [-0.39, 0.29) is 24.2 Å². The van der Waals surface area contributed by atoms with Gasteiger partial charge in [-0.3, -0.25) is 4.79 Å². The standard InChI is InChI=1S/C31H43N3O4S/c1-9-13-21(6)33-28(22(7)20(5)10-2)30(36)32-29(33)25-18-24(14-15-26(25)38-12-4)34(23(8)39)31(27(35)11-3)16-17-37-19-31/h14-15,18,20H,6,9-13,16-17,19H2,1-5,7-8H3/p+1/b28-22-. The van der Waals surface area contributed by atoms with Gasteiger partial charge < -0.3 is 14.4 Å². The predicted octanol–water partition coefficient (Wildman–Crippen LogP) is 5.90. The third kappa shape index (κ3) is 5.87. The number of carbonyl (C=O) groups excluding carboxylic acids is 2. The lowest BCUT2D eigenvalue weighted by atomic mass is 9.88. The molecule has 1 aromatic carbocycles. The minimum atomic E-state index is -0.863. The van der Waals surface area contributed by atoms with E-state index in [4.69, 9.17) is 21.7 Å². The van der Waals surface area contributed by atoms with Gasteiger partial charge in [-0.05, 0) is 63.3 Å². The average Bonchev–Trinajstić information content (AvgIpc) is 3.53. The monoisotopic (exact) mass is 554 g/mol. The van der Waals surface area contributed by atoms with Gasteiger partial charge in [0, 0.05) is 31.6 Å². The summed E-state index contributed by atoms with van der Waals surface area (Å²) in [4.78, 5) is 29.4. The number of benzene rings is 1. The molecule has 2 atom stereocenters. The van der Waals surface area contributed by atoms with Crippen LogP contribution in [-0.2, 0) is 14.3 Å². The largest absolute Gasteiger partial charge is 0.493 e. The molecular formula is C31H44N3O4S+. The lowest BCUT2D eigenvalue weighted by Crippen LogP contribution is -2.57. The van der Waals surface area contributed by atoms with Gasteiger partial charge in [-0.2, -0.15) is 4.58 Å². The second kappa shape index (κ2) is 13.0. The summed E-state index contributed by atoms with van der Waals surface area (Å²) in [6, 6.07) is 5.78. The molecule has 2 heterocycles. The van der Waals surface area contributed by atoms with E-state index in [0.717, 1.165) is 36.2 Å². The maximum atomic E-state index is 13.5. The SMILES string of the molecule is C=C(CCC)[N+]1=C(c2cc(N(C(C)=S)C3(C(=O)CC)CCOC3)ccc2OCC)NC(=O)/C1=C(\C)C(C)CC. The van der Waals surface area contributed by atoms with Gasteiger partial charge in [0.05, 0.1) is 18.2 Å². The number of Topliss-reactive ketones (excluding diaryl/α,β-unsaturated/α-hetero) is 1. The maximum Gasteiger partial charge on any atom is 0.379 e. The molecule has 1 fully saturated rings. The van der Waals surface area contributed by atoms with Crippen LogP contribution in [0.1, 0.15) is 86.1 Å². The second-order valence-corrected chi connectivity index (χ2v) is 11.0. The fraction of sp³-hybridized carbons (Fsp3) is 0.548. The molecule has 2 aliphatic rings. The van der Waals surface area contributed by atoms with Crippen LogP contribution in [-0.4, -0.2) is 52.4 Å². The van der Waals surface area contributed by atoms with E-state index >= 15 is 0 Å². The number of ether oxygens (including phenoxy) is 2. The molecule has 1 amide bonds. The summed E-state index contributed by atoms with van der Waals surface area (Å²) in [5, 5.41) is 3.14. The highest BCUT2D eigenvalue weighted by molar-refractivity contribution is 7.80. The topological polar surface area (TPSA) is 70.9 Å². The minimum Gasteiger partial charge on any atom is -0.493 e. The minimum absolute atomic E-state index is 0.0915. The van der Waals surface area contributed by atoms with Gasteiger partial charge in [0.1, 0.15) is 22.5 Å². The van der Waals surface area contributed by atoms with E-state index in [0.29, 0.717) is 53.9 Å². The summed E-state index contributed by atoms with van der Waals surface area (Å²) in [6.45, 7) is 19.6. The predicted molar refractivity (Wildman–Crippen MR) is 161 cm³/mol. The first-order valence-electron chi connectivity index (χ1n) is 14.1. The molecule has 0 aliphatic carbocycles. The van der Waals surface area contributed by atoms with Crippen LogP contribution in [0.3, 0.4) is 0 Å². The second-order valence-electron chi connectivity index (χ2n) is 10.4. The third-order valence-electron chi connectivity index (χ3n) is 7.83. The number of rotatable bonds is 12. The summed E-state index contributed by atoms with van der Waals surface area (Å²) in [6.07, 6.45) is 3.49. The van der Waals surface area contributed by atoms with Crippen LogP contribution in [0.15, 0.2) is 41.7 Å². The molecule has 7 nitrogen and oxygen atoms in total. The van der Waals surface area contributed by atoms with Crippen molar-refractivity contribution in [3.05, 3.63) is 47.3 Å². The van der Waals surface area contributed by atoms with Crippen LogP contribution in [0.25, 0.3) is 0 Å². The number of ketones is 1. The number of amides is 1. The first kappa shape index (κ1) is 30.7. The lowest BCUT2D eigenvalue weighted by molar-refractivity contribution is -0.415. The zero-order chi connectivity index (χ0) is 28.9. The molecule has 1 N–H and O–H groups in total. The fourth-order valence-corrected chi connectivity index (χ4v) is 5.77. The van der Waals surface area contributed by atoms with Crippen molar-refractivity contribution in [2.45, 2.75) is 86.1 Å². The number of nitrogens with one attached hydrogen (secondary N) is 1. The molecule has 0 spiro atoms. The molecule has 212 valence electrons. The van der Waals surface area contributed by atoms with Crippen molar-refractivity contribution in [1.82, 2.24) is 5.32 Å². The molecule has 3 rings (SSSR count). The van der Waals surface area contributed by atoms with Crippen LogP contribution in [0, 0.1) is 5.92 Å². The number of carbonyl (C=O) groups is 2. The van der Waals surface area contributed by atoms with Gasteiger partial charge in [-0.25, -0.2) is 10.1 Å². The van der Waals surface area contributed by atoms with Crippen LogP contribution < -0.4 is 15.0 Å². The van der Waals surface area contributed by atoms with E-state index in [1.54, 1.807) is 0 Å². The molecule has 0 bridgehead atoms. The Hall–Kier alpha value is -2.84. The highest BCUT2D eigenvalue weighted by Crippen LogP contribution is 2.37. The zero-order valence-corrected chi connectivity index (χ0v) is 25.4. The average molecular weight is 555 g/mol. The van der Waals surface area contributed by atoms with E-state index in [9.17, 15) is 9.59 Å². The highest BCUT2D eigenvalue weighted by atomic mass is 32.1. The van der Waals surface area contributed by atoms with Crippen molar-refractivity contribution in [3.8, 4) is 5.75 Å². The molecule has 1 aromatic rings. The Bertz CT molecular complexity index is 1210. The van der Waals surface area contributed by atoms with Gasteiger partial charge >= 0.3 is 5.91 Å². The molecule has 0 radical (unpaired) electrons. The number of amidine groups is 1. The van der Waals surface area contributed by atoms with Gasteiger partial charge in [-0.15, -0.1) is 0 Å². The Morgan fingerprint density at radius 2 is 2.00 bits per heavy atom. The first-order chi connectivity index (χ1) is 18.6. The van der Waals surface area contributed by atoms with Gasteiger partial charge in [0.25, 0.3) is 5.84 Å². The fourth-order valence-electron chi connectivity index (χ4n) is 5.49. The number of allylic oxidation sites excluding steroid dienone is 2. The van der Waals surface area contributed by atoms with Crippen LogP contribution in [0.4, 0.5) is 5.69 Å². The van der Waals surface area contributed by atoms with Gasteiger partial charge in [-0.1, -0.05) is 46.5 Å². The van der Waals surface area contributed by atoms with E-state index in [2.05, 4.69) is 32.7 Å². The summed E-state index contributed by atoms with van der Waals surface area (Å²) < 4.78 is 13.8. The number of anilines is 1. The summed E-state index contributed by atoms with van der Waals surface area (Å²) in [5.41, 5.74) is 3.08. The molecule has 2 unspecified atom stereocenters. The van der Waals surface area contributed by atoms with E-state index in [1.807, 2.05) is 55.4 Å². The van der Waals surface area contributed by atoms with Crippen molar-refractivity contribution >= 4 is 40.4 Å². The maximum absolute atomic E-state index is 13.5. The molecular weight excluding hydrogens is 510 g/mol. The highest BCUT2D eigenvalue weighted by Gasteiger charge is 2.48. The number of nitrogens with zero attached hydrogens (tertiary/aromatic N) is 2. The number of hydrogen-bond acceptors (Lipinski definition) is 5. The molecule has 1 saturated heterocycles. The van der Waals surface area contributed by atoms with Gasteiger partial charge in [0.2, 0.25) is 5.70 Å². The first-order valence-corrected chi connectivity index (χ1v) is 14.5. The third-order valence-corrected chi connectivity index (χ3v) is 8.02. The number of hydrogen-bond donors (Lipinski definition) is 1. The van der Waals surface area contributed by atoms with Crippen LogP contribution >= 0.6 is 12.2 Å². The van der Waals surface area contributed by atoms with Crippen molar-refractivity contribution in [1.29, 1.82) is 0 Å². The van der Waals surface area contributed by atoms with Crippen LogP contribution in [0.2, 0.25) is 0 Å². The molecule has 0 aromatic heterocycles. The zero-order valence-electron chi connectivity index (χ0n) is 24.6. The Kier molecular flexibility index (Phi) is 10.2. The van der Waals surface area contributed by atoms with Crippen molar-refractivity contribution in [2.24, 2.45) is 5.92 Å². The number of thiocarbonyl (C=S) groups is 1. The van der Waals surface area contributed by atoms with E-state index < -0.39 is 5.54 Å². The Labute approximate surface area is 238 Å². The Balaban J connectivity index is 2.33. The summed E-state index contributed by atoms with van der Waals surface area (Å²) in [7, 11) is 0.